The minimum atomic E-state index is -0.914. The quantitative estimate of drug-likeness (QED) is 0.318. The predicted octanol–water partition coefficient (Wildman–Crippen LogP) is 3.71. The van der Waals surface area contributed by atoms with E-state index < -0.39 is 6.09 Å². The summed E-state index contributed by atoms with van der Waals surface area (Å²) in [6.45, 7) is 0.582. The number of hydrogen-bond acceptors (Lipinski definition) is 7. The van der Waals surface area contributed by atoms with E-state index in [0.29, 0.717) is 34.5 Å². The Labute approximate surface area is 196 Å². The highest BCUT2D eigenvalue weighted by atomic mass is 16.5. The fourth-order valence-corrected chi connectivity index (χ4v) is 3.61. The second-order valence-corrected chi connectivity index (χ2v) is 7.50. The van der Waals surface area contributed by atoms with Crippen molar-refractivity contribution in [3.63, 3.8) is 0 Å². The maximum absolute atomic E-state index is 12.6. The molecule has 0 saturated carbocycles. The number of nitrogens with two attached hydrogens (primary N) is 1. The van der Waals surface area contributed by atoms with Crippen LogP contribution in [0.15, 0.2) is 79.1 Å². The third-order valence-corrected chi connectivity index (χ3v) is 5.14. The molecule has 1 unspecified atom stereocenters. The number of amides is 2. The highest BCUT2D eigenvalue weighted by Gasteiger charge is 2.16. The number of ether oxygens (including phenoxy) is 1. The van der Waals surface area contributed by atoms with Gasteiger partial charge in [-0.15, -0.1) is 0 Å². The molecule has 34 heavy (non-hydrogen) atoms. The van der Waals surface area contributed by atoms with Gasteiger partial charge in [0.2, 0.25) is 0 Å². The van der Waals surface area contributed by atoms with Crippen LogP contribution in [0.25, 0.3) is 10.9 Å². The van der Waals surface area contributed by atoms with E-state index in [1.165, 1.54) is 6.33 Å². The summed E-state index contributed by atoms with van der Waals surface area (Å²) in [5.41, 5.74) is 7.84. The lowest BCUT2D eigenvalue weighted by atomic mass is 10.1. The molecule has 2 amide bonds. The molecule has 0 aliphatic heterocycles. The number of hydrogen-bond donors (Lipinski definition) is 4. The number of likely N-dealkylation sites (N-methyl/N-ethyl adjacent to an activating group) is 1. The molecule has 5 N–H and O–H groups in total. The van der Waals surface area contributed by atoms with Crippen LogP contribution in [-0.2, 0) is 0 Å². The fraction of sp³-hybridized carbons (Fsp3) is 0.120. The summed E-state index contributed by atoms with van der Waals surface area (Å²) in [4.78, 5) is 32.5. The molecule has 3 aromatic carbocycles. The van der Waals surface area contributed by atoms with E-state index in [-0.39, 0.29) is 17.7 Å². The van der Waals surface area contributed by atoms with Gasteiger partial charge in [-0.3, -0.25) is 4.79 Å². The van der Waals surface area contributed by atoms with Gasteiger partial charge in [-0.25, -0.2) is 14.8 Å². The summed E-state index contributed by atoms with van der Waals surface area (Å²) in [5.74, 6) is 0.643. The van der Waals surface area contributed by atoms with E-state index in [0.717, 1.165) is 5.56 Å². The smallest absolute Gasteiger partial charge is 0.408 e. The van der Waals surface area contributed by atoms with E-state index in [1.807, 2.05) is 55.6 Å². The van der Waals surface area contributed by atoms with Gasteiger partial charge in [0.25, 0.3) is 5.91 Å². The maximum Gasteiger partial charge on any atom is 0.410 e. The van der Waals surface area contributed by atoms with Crippen LogP contribution in [0.2, 0.25) is 0 Å². The summed E-state index contributed by atoms with van der Waals surface area (Å²) in [7, 11) is 1.85. The van der Waals surface area contributed by atoms with Crippen LogP contribution in [-0.4, -0.2) is 35.6 Å². The molecule has 0 saturated heterocycles. The van der Waals surface area contributed by atoms with E-state index >= 15 is 0 Å². The SMILES string of the molecule is CNCC(Nc1ncnc2c(OC(N)=O)cccc12)c1cccc(NC(=O)c2ccccc2)c1. The highest BCUT2D eigenvalue weighted by Crippen LogP contribution is 2.30. The Morgan fingerprint density at radius 3 is 2.56 bits per heavy atom. The van der Waals surface area contributed by atoms with Crippen LogP contribution in [0.3, 0.4) is 0 Å². The van der Waals surface area contributed by atoms with Crippen molar-refractivity contribution in [1.29, 1.82) is 0 Å². The van der Waals surface area contributed by atoms with Gasteiger partial charge >= 0.3 is 6.09 Å². The Hall–Kier alpha value is -4.50. The molecule has 9 nitrogen and oxygen atoms in total. The zero-order chi connectivity index (χ0) is 23.9. The molecule has 4 aromatic rings. The Morgan fingerprint density at radius 2 is 1.79 bits per heavy atom. The minimum absolute atomic E-state index is 0.181. The van der Waals surface area contributed by atoms with Crippen LogP contribution < -0.4 is 26.4 Å². The molecular formula is C25H24N6O3. The molecule has 0 aliphatic rings. The van der Waals surface area contributed by atoms with Crippen molar-refractivity contribution < 1.29 is 14.3 Å². The number of benzene rings is 3. The molecule has 4 rings (SSSR count). The molecule has 0 radical (unpaired) electrons. The largest absolute Gasteiger partial charge is 0.410 e. The first kappa shape index (κ1) is 22.7. The molecule has 0 bridgehead atoms. The van der Waals surface area contributed by atoms with Crippen LogP contribution in [0, 0.1) is 0 Å². The number of primary amides is 1. The van der Waals surface area contributed by atoms with Crippen molar-refractivity contribution in [3.05, 3.63) is 90.3 Å². The molecule has 1 atom stereocenters. The van der Waals surface area contributed by atoms with Crippen molar-refractivity contribution in [2.45, 2.75) is 6.04 Å². The Kier molecular flexibility index (Phi) is 6.95. The van der Waals surface area contributed by atoms with Gasteiger partial charge < -0.3 is 26.4 Å². The normalized spacial score (nSPS) is 11.6. The maximum atomic E-state index is 12.6. The van der Waals surface area contributed by atoms with Crippen LogP contribution in [0.5, 0.6) is 5.75 Å². The number of para-hydroxylation sites is 1. The minimum Gasteiger partial charge on any atom is -0.408 e. The summed E-state index contributed by atoms with van der Waals surface area (Å²) >= 11 is 0. The molecule has 0 spiro atoms. The number of nitrogens with zero attached hydrogens (tertiary/aromatic N) is 2. The molecule has 0 fully saturated rings. The van der Waals surface area contributed by atoms with Crippen molar-refractivity contribution in [2.75, 3.05) is 24.2 Å². The molecule has 0 aliphatic carbocycles. The third-order valence-electron chi connectivity index (χ3n) is 5.14. The van der Waals surface area contributed by atoms with E-state index in [4.69, 9.17) is 10.5 Å². The standard InChI is InChI=1S/C25H24N6O3/c1-27-14-20(17-9-5-10-18(13-17)30-24(32)16-7-3-2-4-8-16)31-23-19-11-6-12-21(34-25(26)33)22(19)28-15-29-23/h2-13,15,20,27H,14H2,1H3,(H2,26,33)(H,30,32)(H,28,29,31). The monoisotopic (exact) mass is 456 g/mol. The summed E-state index contributed by atoms with van der Waals surface area (Å²) < 4.78 is 5.08. The second kappa shape index (κ2) is 10.4. The average Bonchev–Trinajstić information content (AvgIpc) is 2.84. The lowest BCUT2D eigenvalue weighted by Crippen LogP contribution is -2.24. The van der Waals surface area contributed by atoms with Crippen LogP contribution in [0.4, 0.5) is 16.3 Å². The van der Waals surface area contributed by atoms with Gasteiger partial charge in [0.15, 0.2) is 5.75 Å². The Bertz CT molecular complexity index is 1310. The summed E-state index contributed by atoms with van der Waals surface area (Å²) in [6, 6.07) is 21.7. The number of nitrogens with one attached hydrogen (secondary N) is 3. The topological polar surface area (TPSA) is 131 Å². The van der Waals surface area contributed by atoms with Crippen molar-refractivity contribution in [3.8, 4) is 5.75 Å². The molecular weight excluding hydrogens is 432 g/mol. The molecule has 9 heteroatoms. The Balaban J connectivity index is 1.61. The van der Waals surface area contributed by atoms with Gasteiger partial charge in [0.1, 0.15) is 17.7 Å². The highest BCUT2D eigenvalue weighted by molar-refractivity contribution is 6.04. The van der Waals surface area contributed by atoms with Gasteiger partial charge in [-0.1, -0.05) is 36.4 Å². The number of rotatable bonds is 8. The number of aromatic nitrogens is 2. The first-order valence-electron chi connectivity index (χ1n) is 10.6. The number of carbonyl (C=O) groups is 2. The zero-order valence-electron chi connectivity index (χ0n) is 18.5. The number of anilines is 2. The zero-order valence-corrected chi connectivity index (χ0v) is 18.5. The first-order valence-corrected chi connectivity index (χ1v) is 10.6. The number of fused-ring (bicyclic) bond motifs is 1. The third kappa shape index (κ3) is 5.28. The van der Waals surface area contributed by atoms with E-state index in [1.54, 1.807) is 24.3 Å². The van der Waals surface area contributed by atoms with Gasteiger partial charge in [-0.2, -0.15) is 0 Å². The van der Waals surface area contributed by atoms with Gasteiger partial charge in [0.05, 0.1) is 6.04 Å². The molecule has 1 aromatic heterocycles. The lowest BCUT2D eigenvalue weighted by molar-refractivity contribution is 0.102. The molecule has 1 heterocycles. The number of carbonyl (C=O) groups excluding carboxylic acids is 2. The van der Waals surface area contributed by atoms with Crippen molar-refractivity contribution >= 4 is 34.4 Å². The lowest BCUT2D eigenvalue weighted by Gasteiger charge is -2.21. The van der Waals surface area contributed by atoms with Gasteiger partial charge in [-0.05, 0) is 49.0 Å². The van der Waals surface area contributed by atoms with Gasteiger partial charge in [0, 0.05) is 23.2 Å². The van der Waals surface area contributed by atoms with E-state index in [9.17, 15) is 9.59 Å². The van der Waals surface area contributed by atoms with Crippen LogP contribution in [0.1, 0.15) is 22.0 Å². The fourth-order valence-electron chi connectivity index (χ4n) is 3.61. The Morgan fingerprint density at radius 1 is 1.00 bits per heavy atom. The average molecular weight is 457 g/mol. The summed E-state index contributed by atoms with van der Waals surface area (Å²) in [6.07, 6.45) is 0.480. The predicted molar refractivity (Wildman–Crippen MR) is 131 cm³/mol. The summed E-state index contributed by atoms with van der Waals surface area (Å²) in [5, 5.41) is 10.2. The second-order valence-electron chi connectivity index (χ2n) is 7.50. The van der Waals surface area contributed by atoms with E-state index in [2.05, 4.69) is 25.9 Å². The van der Waals surface area contributed by atoms with Crippen molar-refractivity contribution in [2.24, 2.45) is 5.73 Å². The van der Waals surface area contributed by atoms with Crippen LogP contribution >= 0.6 is 0 Å². The van der Waals surface area contributed by atoms with Crippen molar-refractivity contribution in [1.82, 2.24) is 15.3 Å². The molecule has 172 valence electrons. The first-order chi connectivity index (χ1) is 16.5.